The predicted molar refractivity (Wildman–Crippen MR) is 85.4 cm³/mol. The van der Waals surface area contributed by atoms with Gasteiger partial charge in [-0.3, -0.25) is 0 Å². The summed E-state index contributed by atoms with van der Waals surface area (Å²) >= 11 is 0. The molecule has 0 heterocycles. The van der Waals surface area contributed by atoms with Crippen molar-refractivity contribution in [3.63, 3.8) is 0 Å². The lowest BCUT2D eigenvalue weighted by atomic mass is 10.2. The molecular weight excluding hydrogens is 266 g/mol. The molecule has 0 saturated carbocycles. The number of nitrogens with zero attached hydrogens (tertiary/aromatic N) is 1. The van der Waals surface area contributed by atoms with Crippen LogP contribution >= 0.6 is 0 Å². The monoisotopic (exact) mass is 291 g/mol. The zero-order valence-corrected chi connectivity index (χ0v) is 13.2. The van der Waals surface area contributed by atoms with Gasteiger partial charge in [-0.05, 0) is 43.8 Å². The van der Waals surface area contributed by atoms with Gasteiger partial charge in [-0.1, -0.05) is 26.0 Å². The molecule has 0 atom stereocenters. The highest BCUT2D eigenvalue weighted by molar-refractivity contribution is 5.87. The predicted octanol–water partition coefficient (Wildman–Crippen LogP) is 2.98. The average molecular weight is 291 g/mol. The van der Waals surface area contributed by atoms with Crippen molar-refractivity contribution in [2.24, 2.45) is 0 Å². The molecule has 0 aromatic heterocycles. The van der Waals surface area contributed by atoms with E-state index in [0.717, 1.165) is 30.9 Å². The lowest BCUT2D eigenvalue weighted by Gasteiger charge is -2.16. The molecule has 0 N–H and O–H groups in total. The van der Waals surface area contributed by atoms with Crippen molar-refractivity contribution in [3.05, 3.63) is 35.9 Å². The maximum Gasteiger partial charge on any atom is 0.330 e. The fourth-order valence-electron chi connectivity index (χ4n) is 1.87. The normalized spacial score (nSPS) is 11.0. The van der Waals surface area contributed by atoms with Crippen molar-refractivity contribution < 1.29 is 14.3 Å². The van der Waals surface area contributed by atoms with E-state index in [4.69, 9.17) is 9.47 Å². The van der Waals surface area contributed by atoms with E-state index in [1.165, 1.54) is 6.08 Å². The summed E-state index contributed by atoms with van der Waals surface area (Å²) in [4.78, 5) is 13.8. The van der Waals surface area contributed by atoms with Gasteiger partial charge < -0.3 is 14.4 Å². The summed E-state index contributed by atoms with van der Waals surface area (Å²) in [6.45, 7) is 9.92. The molecule has 0 bridgehead atoms. The molecule has 0 fully saturated rings. The molecule has 0 aliphatic heterocycles. The second kappa shape index (κ2) is 10.00. The Labute approximate surface area is 127 Å². The van der Waals surface area contributed by atoms with Crippen molar-refractivity contribution in [2.75, 3.05) is 32.8 Å². The number of carbonyl (C=O) groups excluding carboxylic acids is 1. The van der Waals surface area contributed by atoms with E-state index >= 15 is 0 Å². The first-order chi connectivity index (χ1) is 10.2. The summed E-state index contributed by atoms with van der Waals surface area (Å²) in [5.74, 6) is 0.521. The SMILES string of the molecule is CCOc1ccc(/C=C/C(=O)OCCN(CC)CC)cc1. The smallest absolute Gasteiger partial charge is 0.330 e. The van der Waals surface area contributed by atoms with Crippen LogP contribution in [0.25, 0.3) is 6.08 Å². The lowest BCUT2D eigenvalue weighted by molar-refractivity contribution is -0.138. The van der Waals surface area contributed by atoms with E-state index in [2.05, 4.69) is 18.7 Å². The molecule has 0 spiro atoms. The highest BCUT2D eigenvalue weighted by Gasteiger charge is 2.01. The van der Waals surface area contributed by atoms with E-state index in [9.17, 15) is 4.79 Å². The molecule has 1 rings (SSSR count). The topological polar surface area (TPSA) is 38.8 Å². The minimum absolute atomic E-state index is 0.309. The highest BCUT2D eigenvalue weighted by Crippen LogP contribution is 2.13. The Kier molecular flexibility index (Phi) is 8.21. The molecule has 0 aliphatic rings. The molecule has 0 radical (unpaired) electrons. The standard InChI is InChI=1S/C17H25NO3/c1-4-18(5-2)13-14-21-17(19)12-9-15-7-10-16(11-8-15)20-6-3/h7-12H,4-6,13-14H2,1-3H3/b12-9+. The largest absolute Gasteiger partial charge is 0.494 e. The number of carbonyl (C=O) groups is 1. The molecule has 116 valence electrons. The van der Waals surface area contributed by atoms with Gasteiger partial charge in [0, 0.05) is 12.6 Å². The van der Waals surface area contributed by atoms with Crippen LogP contribution in [0.15, 0.2) is 30.3 Å². The van der Waals surface area contributed by atoms with Gasteiger partial charge in [0.25, 0.3) is 0 Å². The van der Waals surface area contributed by atoms with E-state index in [-0.39, 0.29) is 5.97 Å². The molecule has 0 saturated heterocycles. The third-order valence-corrected chi connectivity index (χ3v) is 3.15. The van der Waals surface area contributed by atoms with Crippen LogP contribution in [0.5, 0.6) is 5.75 Å². The first-order valence-electron chi connectivity index (χ1n) is 7.49. The number of rotatable bonds is 9. The van der Waals surface area contributed by atoms with Gasteiger partial charge in [-0.15, -0.1) is 0 Å². The summed E-state index contributed by atoms with van der Waals surface area (Å²) in [7, 11) is 0. The van der Waals surface area contributed by atoms with Gasteiger partial charge >= 0.3 is 5.97 Å². The van der Waals surface area contributed by atoms with E-state index in [1.807, 2.05) is 31.2 Å². The lowest BCUT2D eigenvalue weighted by Crippen LogP contribution is -2.27. The van der Waals surface area contributed by atoms with Crippen LogP contribution in [0.3, 0.4) is 0 Å². The van der Waals surface area contributed by atoms with Crippen molar-refractivity contribution in [3.8, 4) is 5.75 Å². The Morgan fingerprint density at radius 1 is 1.14 bits per heavy atom. The summed E-state index contributed by atoms with van der Waals surface area (Å²) in [6.07, 6.45) is 3.20. The van der Waals surface area contributed by atoms with E-state index < -0.39 is 0 Å². The number of esters is 1. The third kappa shape index (κ3) is 6.95. The minimum Gasteiger partial charge on any atom is -0.494 e. The van der Waals surface area contributed by atoms with Gasteiger partial charge in [-0.25, -0.2) is 4.79 Å². The summed E-state index contributed by atoms with van der Waals surface area (Å²) in [5, 5.41) is 0. The minimum atomic E-state index is -0.309. The number of hydrogen-bond donors (Lipinski definition) is 0. The zero-order chi connectivity index (χ0) is 15.5. The Bertz CT molecular complexity index is 436. The number of benzene rings is 1. The van der Waals surface area contributed by atoms with Crippen LogP contribution in [0.1, 0.15) is 26.3 Å². The molecule has 21 heavy (non-hydrogen) atoms. The van der Waals surface area contributed by atoms with Crippen LogP contribution in [-0.4, -0.2) is 43.7 Å². The number of ether oxygens (including phenoxy) is 2. The molecular formula is C17H25NO3. The molecule has 0 amide bonds. The molecule has 0 unspecified atom stereocenters. The summed E-state index contributed by atoms with van der Waals surface area (Å²) < 4.78 is 10.5. The second-order valence-electron chi connectivity index (χ2n) is 4.53. The van der Waals surface area contributed by atoms with Crippen LogP contribution in [-0.2, 0) is 9.53 Å². The van der Waals surface area contributed by atoms with Crippen molar-refractivity contribution >= 4 is 12.0 Å². The van der Waals surface area contributed by atoms with Crippen molar-refractivity contribution in [2.45, 2.75) is 20.8 Å². The van der Waals surface area contributed by atoms with Gasteiger partial charge in [0.1, 0.15) is 12.4 Å². The van der Waals surface area contributed by atoms with Crippen molar-refractivity contribution in [1.82, 2.24) is 4.90 Å². The third-order valence-electron chi connectivity index (χ3n) is 3.15. The first-order valence-corrected chi connectivity index (χ1v) is 7.49. The summed E-state index contributed by atoms with van der Waals surface area (Å²) in [6, 6.07) is 7.58. The van der Waals surface area contributed by atoms with Crippen LogP contribution in [0.4, 0.5) is 0 Å². The Hall–Kier alpha value is -1.81. The van der Waals surface area contributed by atoms with Crippen molar-refractivity contribution in [1.29, 1.82) is 0 Å². The van der Waals surface area contributed by atoms with E-state index in [0.29, 0.717) is 13.2 Å². The van der Waals surface area contributed by atoms with Crippen LogP contribution in [0, 0.1) is 0 Å². The fourth-order valence-corrected chi connectivity index (χ4v) is 1.87. The Balaban J connectivity index is 2.36. The molecule has 4 nitrogen and oxygen atoms in total. The molecule has 1 aromatic carbocycles. The molecule has 1 aromatic rings. The van der Waals surface area contributed by atoms with Gasteiger partial charge in [-0.2, -0.15) is 0 Å². The number of hydrogen-bond acceptors (Lipinski definition) is 4. The number of likely N-dealkylation sites (N-methyl/N-ethyl adjacent to an activating group) is 1. The van der Waals surface area contributed by atoms with Gasteiger partial charge in [0.05, 0.1) is 6.61 Å². The Morgan fingerprint density at radius 3 is 2.38 bits per heavy atom. The average Bonchev–Trinajstić information content (AvgIpc) is 2.51. The second-order valence-corrected chi connectivity index (χ2v) is 4.53. The van der Waals surface area contributed by atoms with E-state index in [1.54, 1.807) is 6.08 Å². The molecule has 0 aliphatic carbocycles. The maximum absolute atomic E-state index is 11.6. The fraction of sp³-hybridized carbons (Fsp3) is 0.471. The van der Waals surface area contributed by atoms with Gasteiger partial charge in [0.2, 0.25) is 0 Å². The van der Waals surface area contributed by atoms with Crippen LogP contribution in [0.2, 0.25) is 0 Å². The van der Waals surface area contributed by atoms with Gasteiger partial charge in [0.15, 0.2) is 0 Å². The van der Waals surface area contributed by atoms with Crippen LogP contribution < -0.4 is 4.74 Å². The molecule has 4 heteroatoms. The quantitative estimate of drug-likeness (QED) is 0.518. The zero-order valence-electron chi connectivity index (χ0n) is 13.2. The summed E-state index contributed by atoms with van der Waals surface area (Å²) in [5.41, 5.74) is 0.944. The maximum atomic E-state index is 11.6. The first kappa shape index (κ1) is 17.2. The highest BCUT2D eigenvalue weighted by atomic mass is 16.5. The Morgan fingerprint density at radius 2 is 1.81 bits per heavy atom.